The van der Waals surface area contributed by atoms with Crippen LogP contribution in [0.2, 0.25) is 0 Å². The van der Waals surface area contributed by atoms with E-state index in [-0.39, 0.29) is 0 Å². The third kappa shape index (κ3) is 9.45. The zero-order valence-corrected chi connectivity index (χ0v) is 16.4. The molecule has 1 heterocycles. The Morgan fingerprint density at radius 3 is 2.48 bits per heavy atom. The Hall–Kier alpha value is -0.810. The third-order valence-corrected chi connectivity index (χ3v) is 5.25. The molecule has 0 unspecified atom stereocenters. The fourth-order valence-electron chi connectivity index (χ4n) is 3.79. The fourth-order valence-corrected chi connectivity index (χ4v) is 3.79. The summed E-state index contributed by atoms with van der Waals surface area (Å²) in [5, 5.41) is 6.75. The van der Waals surface area contributed by atoms with E-state index in [4.69, 9.17) is 9.73 Å². The van der Waals surface area contributed by atoms with Gasteiger partial charge in [0.05, 0.1) is 12.7 Å². The molecule has 5 heteroatoms. The summed E-state index contributed by atoms with van der Waals surface area (Å²) in [5.74, 6) is 0.938. The fraction of sp³-hybridized carbons (Fsp3) is 0.950. The van der Waals surface area contributed by atoms with Gasteiger partial charge in [0.1, 0.15) is 0 Å². The van der Waals surface area contributed by atoms with Crippen molar-refractivity contribution in [2.75, 3.05) is 45.9 Å². The van der Waals surface area contributed by atoms with Gasteiger partial charge in [0.2, 0.25) is 0 Å². The molecule has 1 aliphatic heterocycles. The summed E-state index contributed by atoms with van der Waals surface area (Å²) in [6.45, 7) is 9.40. The summed E-state index contributed by atoms with van der Waals surface area (Å²) < 4.78 is 6.04. The van der Waals surface area contributed by atoms with Crippen molar-refractivity contribution in [1.82, 2.24) is 15.5 Å². The number of likely N-dealkylation sites (tertiary alicyclic amines) is 1. The number of nitrogens with one attached hydrogen (secondary N) is 2. The van der Waals surface area contributed by atoms with E-state index in [1.54, 1.807) is 0 Å². The number of nitrogens with zero attached hydrogens (tertiary/aromatic N) is 2. The molecule has 2 fully saturated rings. The van der Waals surface area contributed by atoms with Crippen LogP contribution < -0.4 is 10.6 Å². The van der Waals surface area contributed by atoms with Gasteiger partial charge in [0.15, 0.2) is 5.96 Å². The quantitative estimate of drug-likeness (QED) is 0.274. The Kier molecular flexibility index (Phi) is 11.0. The molecule has 2 N–H and O–H groups in total. The topological polar surface area (TPSA) is 48.9 Å². The van der Waals surface area contributed by atoms with Crippen molar-refractivity contribution < 1.29 is 4.74 Å². The maximum Gasteiger partial charge on any atom is 0.191 e. The highest BCUT2D eigenvalue weighted by Crippen LogP contribution is 2.19. The summed E-state index contributed by atoms with van der Waals surface area (Å²) in [4.78, 5) is 7.28. The van der Waals surface area contributed by atoms with E-state index in [0.29, 0.717) is 6.10 Å². The van der Waals surface area contributed by atoms with Crippen LogP contribution in [0.25, 0.3) is 0 Å². The molecule has 1 saturated heterocycles. The molecular formula is C20H40N4O. The van der Waals surface area contributed by atoms with Gasteiger partial charge in [0, 0.05) is 19.6 Å². The minimum absolute atomic E-state index is 0.481. The van der Waals surface area contributed by atoms with Crippen LogP contribution in [0.4, 0.5) is 0 Å². The number of hydrogen-bond acceptors (Lipinski definition) is 3. The van der Waals surface area contributed by atoms with Crippen molar-refractivity contribution in [3.8, 4) is 0 Å². The lowest BCUT2D eigenvalue weighted by Crippen LogP contribution is -2.39. The maximum atomic E-state index is 6.04. The van der Waals surface area contributed by atoms with E-state index in [2.05, 4.69) is 22.5 Å². The molecule has 0 bridgehead atoms. The predicted molar refractivity (Wildman–Crippen MR) is 106 cm³/mol. The summed E-state index contributed by atoms with van der Waals surface area (Å²) in [5.41, 5.74) is 0. The average molecular weight is 353 g/mol. The van der Waals surface area contributed by atoms with Crippen LogP contribution in [0.5, 0.6) is 0 Å². The van der Waals surface area contributed by atoms with Crippen LogP contribution in [0, 0.1) is 0 Å². The molecule has 146 valence electrons. The smallest absolute Gasteiger partial charge is 0.191 e. The molecule has 2 aliphatic rings. The molecule has 1 saturated carbocycles. The van der Waals surface area contributed by atoms with E-state index in [9.17, 15) is 0 Å². The highest BCUT2D eigenvalue weighted by atomic mass is 16.5. The molecule has 0 aromatic rings. The Morgan fingerprint density at radius 2 is 1.76 bits per heavy atom. The van der Waals surface area contributed by atoms with E-state index in [0.717, 1.165) is 32.2 Å². The molecule has 0 spiro atoms. The Morgan fingerprint density at radius 1 is 1.00 bits per heavy atom. The van der Waals surface area contributed by atoms with Gasteiger partial charge < -0.3 is 20.3 Å². The van der Waals surface area contributed by atoms with Crippen LogP contribution in [0.15, 0.2) is 4.99 Å². The molecule has 0 radical (unpaired) electrons. The zero-order chi connectivity index (χ0) is 17.6. The first-order chi connectivity index (χ1) is 12.4. The molecule has 0 aromatic carbocycles. The number of unbranched alkanes of at least 4 members (excludes halogenated alkanes) is 1. The SMILES string of the molecule is CCNC(=NCCCCN1CCCC1)NCCOC1CCCCCC1. The minimum Gasteiger partial charge on any atom is -0.376 e. The van der Waals surface area contributed by atoms with Gasteiger partial charge >= 0.3 is 0 Å². The van der Waals surface area contributed by atoms with Crippen molar-refractivity contribution in [1.29, 1.82) is 0 Å². The van der Waals surface area contributed by atoms with Crippen LogP contribution in [-0.4, -0.2) is 62.8 Å². The minimum atomic E-state index is 0.481. The second-order valence-electron chi connectivity index (χ2n) is 7.43. The zero-order valence-electron chi connectivity index (χ0n) is 16.4. The third-order valence-electron chi connectivity index (χ3n) is 5.25. The van der Waals surface area contributed by atoms with E-state index < -0.39 is 0 Å². The summed E-state index contributed by atoms with van der Waals surface area (Å²) in [6.07, 6.45) is 13.6. The molecule has 0 amide bonds. The number of rotatable bonds is 10. The maximum absolute atomic E-state index is 6.04. The molecular weight excluding hydrogens is 312 g/mol. The van der Waals surface area contributed by atoms with Crippen LogP contribution in [0.1, 0.15) is 71.1 Å². The number of ether oxygens (including phenoxy) is 1. The van der Waals surface area contributed by atoms with Gasteiger partial charge in [-0.3, -0.25) is 4.99 Å². The number of hydrogen-bond donors (Lipinski definition) is 2. The Bertz CT molecular complexity index is 348. The second-order valence-corrected chi connectivity index (χ2v) is 7.43. The Balaban J connectivity index is 1.53. The van der Waals surface area contributed by atoms with Gasteiger partial charge in [0.25, 0.3) is 0 Å². The van der Waals surface area contributed by atoms with Crippen molar-refractivity contribution in [2.24, 2.45) is 4.99 Å². The molecule has 2 rings (SSSR count). The number of guanidine groups is 1. The standard InChI is InChI=1S/C20H40N4O/c1-2-21-20(22-13-7-8-15-24-16-9-10-17-24)23-14-18-25-19-11-5-3-4-6-12-19/h19H,2-18H2,1H3,(H2,21,22,23). The summed E-state index contributed by atoms with van der Waals surface area (Å²) in [7, 11) is 0. The average Bonchev–Trinajstić information content (AvgIpc) is 3.00. The highest BCUT2D eigenvalue weighted by Gasteiger charge is 2.12. The van der Waals surface area contributed by atoms with Crippen molar-refractivity contribution in [3.63, 3.8) is 0 Å². The van der Waals surface area contributed by atoms with E-state index in [1.165, 1.54) is 83.8 Å². The number of aliphatic imine (C=N–C) groups is 1. The lowest BCUT2D eigenvalue weighted by Gasteiger charge is -2.17. The highest BCUT2D eigenvalue weighted by molar-refractivity contribution is 5.79. The van der Waals surface area contributed by atoms with Gasteiger partial charge in [-0.05, 0) is 65.1 Å². The van der Waals surface area contributed by atoms with E-state index >= 15 is 0 Å². The van der Waals surface area contributed by atoms with Gasteiger partial charge in [-0.2, -0.15) is 0 Å². The van der Waals surface area contributed by atoms with Crippen LogP contribution >= 0.6 is 0 Å². The normalized spacial score (nSPS) is 20.6. The van der Waals surface area contributed by atoms with Crippen molar-refractivity contribution in [3.05, 3.63) is 0 Å². The lowest BCUT2D eigenvalue weighted by molar-refractivity contribution is 0.0468. The summed E-state index contributed by atoms with van der Waals surface area (Å²) in [6, 6.07) is 0. The van der Waals surface area contributed by atoms with Gasteiger partial charge in [-0.15, -0.1) is 0 Å². The monoisotopic (exact) mass is 352 g/mol. The summed E-state index contributed by atoms with van der Waals surface area (Å²) >= 11 is 0. The molecule has 5 nitrogen and oxygen atoms in total. The van der Waals surface area contributed by atoms with Crippen molar-refractivity contribution in [2.45, 2.75) is 77.2 Å². The first-order valence-corrected chi connectivity index (χ1v) is 10.7. The molecule has 25 heavy (non-hydrogen) atoms. The van der Waals surface area contributed by atoms with Crippen LogP contribution in [-0.2, 0) is 4.74 Å². The largest absolute Gasteiger partial charge is 0.376 e. The van der Waals surface area contributed by atoms with Gasteiger partial charge in [-0.25, -0.2) is 0 Å². The van der Waals surface area contributed by atoms with Gasteiger partial charge in [-0.1, -0.05) is 25.7 Å². The second kappa shape index (κ2) is 13.4. The lowest BCUT2D eigenvalue weighted by atomic mass is 10.1. The molecule has 0 aromatic heterocycles. The van der Waals surface area contributed by atoms with E-state index in [1.807, 2.05) is 0 Å². The molecule has 0 atom stereocenters. The molecule has 1 aliphatic carbocycles. The predicted octanol–water partition coefficient (Wildman–Crippen LogP) is 3.16. The van der Waals surface area contributed by atoms with Crippen LogP contribution in [0.3, 0.4) is 0 Å². The van der Waals surface area contributed by atoms with Crippen molar-refractivity contribution >= 4 is 5.96 Å². The first kappa shape index (κ1) is 20.5. The Labute approximate surface area is 155 Å². The first-order valence-electron chi connectivity index (χ1n) is 10.7.